The molecule has 0 saturated heterocycles. The quantitative estimate of drug-likeness (QED) is 0.850. The van der Waals surface area contributed by atoms with Crippen LogP contribution in [0.5, 0.6) is 0 Å². The molecule has 0 spiro atoms. The SMILES string of the molecule is NC(=O)CC(Nc1ccccc1)c1nccs1. The molecule has 88 valence electrons. The van der Waals surface area contributed by atoms with Crippen LogP contribution in [0.1, 0.15) is 17.5 Å². The van der Waals surface area contributed by atoms with Crippen molar-refractivity contribution in [3.05, 3.63) is 46.9 Å². The minimum absolute atomic E-state index is 0.158. The predicted molar refractivity (Wildman–Crippen MR) is 68.7 cm³/mol. The van der Waals surface area contributed by atoms with Crippen LogP contribution in [0.25, 0.3) is 0 Å². The maximum absolute atomic E-state index is 11.1. The number of carbonyl (C=O) groups excluding carboxylic acids is 1. The lowest BCUT2D eigenvalue weighted by Gasteiger charge is -2.16. The minimum atomic E-state index is -0.339. The van der Waals surface area contributed by atoms with Gasteiger partial charge in [-0.1, -0.05) is 18.2 Å². The predicted octanol–water partition coefficient (Wildman–Crippen LogP) is 2.17. The van der Waals surface area contributed by atoms with Gasteiger partial charge >= 0.3 is 0 Å². The molecule has 3 N–H and O–H groups in total. The summed E-state index contributed by atoms with van der Waals surface area (Å²) >= 11 is 1.51. The molecule has 1 aromatic heterocycles. The zero-order chi connectivity index (χ0) is 12.1. The summed E-state index contributed by atoms with van der Waals surface area (Å²) < 4.78 is 0. The average Bonchev–Trinajstić information content (AvgIpc) is 2.82. The highest BCUT2D eigenvalue weighted by molar-refractivity contribution is 7.09. The molecule has 0 radical (unpaired) electrons. The van der Waals surface area contributed by atoms with Gasteiger partial charge < -0.3 is 11.1 Å². The Balaban J connectivity index is 2.14. The molecule has 0 bridgehead atoms. The second-order valence-corrected chi connectivity index (χ2v) is 4.53. The number of aromatic nitrogens is 1. The van der Waals surface area contributed by atoms with Gasteiger partial charge in [-0.15, -0.1) is 11.3 Å². The number of hydrogen-bond acceptors (Lipinski definition) is 4. The molecule has 0 fully saturated rings. The summed E-state index contributed by atoms with van der Waals surface area (Å²) in [6, 6.07) is 9.55. The van der Waals surface area contributed by atoms with Gasteiger partial charge in [0.25, 0.3) is 0 Å². The van der Waals surface area contributed by atoms with Crippen LogP contribution in [0, 0.1) is 0 Å². The van der Waals surface area contributed by atoms with E-state index in [4.69, 9.17) is 5.73 Å². The molecule has 0 aliphatic carbocycles. The van der Waals surface area contributed by atoms with Crippen molar-refractivity contribution < 1.29 is 4.79 Å². The normalized spacial score (nSPS) is 12.0. The fourth-order valence-electron chi connectivity index (χ4n) is 1.54. The van der Waals surface area contributed by atoms with Crippen LogP contribution in [-0.2, 0) is 4.79 Å². The van der Waals surface area contributed by atoms with Gasteiger partial charge in [-0.2, -0.15) is 0 Å². The number of nitrogens with zero attached hydrogens (tertiary/aromatic N) is 1. The van der Waals surface area contributed by atoms with Gasteiger partial charge in [0.1, 0.15) is 5.01 Å². The number of rotatable bonds is 5. The summed E-state index contributed by atoms with van der Waals surface area (Å²) in [5, 5.41) is 6.01. The Kier molecular flexibility index (Phi) is 3.72. The molecular formula is C12H13N3OS. The van der Waals surface area contributed by atoms with Crippen LogP contribution in [0.15, 0.2) is 41.9 Å². The number of primary amides is 1. The number of nitrogens with one attached hydrogen (secondary N) is 1. The molecule has 1 aromatic carbocycles. The molecule has 0 aliphatic rings. The van der Waals surface area contributed by atoms with E-state index in [9.17, 15) is 4.79 Å². The first kappa shape index (κ1) is 11.6. The van der Waals surface area contributed by atoms with E-state index in [1.165, 1.54) is 11.3 Å². The lowest BCUT2D eigenvalue weighted by atomic mass is 10.2. The van der Waals surface area contributed by atoms with Crippen molar-refractivity contribution in [2.24, 2.45) is 5.73 Å². The fraction of sp³-hybridized carbons (Fsp3) is 0.167. The molecular weight excluding hydrogens is 234 g/mol. The first-order valence-corrected chi connectivity index (χ1v) is 6.13. The highest BCUT2D eigenvalue weighted by Crippen LogP contribution is 2.23. The molecule has 4 nitrogen and oxygen atoms in total. The fourth-order valence-corrected chi connectivity index (χ4v) is 2.23. The van der Waals surface area contributed by atoms with Crippen LogP contribution in [-0.4, -0.2) is 10.9 Å². The summed E-state index contributed by atoms with van der Waals surface area (Å²) in [6.07, 6.45) is 1.96. The van der Waals surface area contributed by atoms with E-state index in [1.54, 1.807) is 6.20 Å². The number of nitrogens with two attached hydrogens (primary N) is 1. The second kappa shape index (κ2) is 5.45. The Morgan fingerprint density at radius 3 is 2.76 bits per heavy atom. The van der Waals surface area contributed by atoms with Crippen LogP contribution in [0.4, 0.5) is 5.69 Å². The van der Waals surface area contributed by atoms with Crippen molar-refractivity contribution in [3.8, 4) is 0 Å². The Morgan fingerprint density at radius 1 is 1.41 bits per heavy atom. The van der Waals surface area contributed by atoms with E-state index >= 15 is 0 Å². The first-order valence-electron chi connectivity index (χ1n) is 5.25. The number of hydrogen-bond donors (Lipinski definition) is 2. The highest BCUT2D eigenvalue weighted by Gasteiger charge is 2.16. The van der Waals surface area contributed by atoms with Crippen molar-refractivity contribution in [1.82, 2.24) is 4.98 Å². The van der Waals surface area contributed by atoms with Gasteiger partial charge in [-0.05, 0) is 12.1 Å². The summed E-state index contributed by atoms with van der Waals surface area (Å²) in [6.45, 7) is 0. The van der Waals surface area contributed by atoms with Gasteiger partial charge in [0.2, 0.25) is 5.91 Å². The van der Waals surface area contributed by atoms with Crippen molar-refractivity contribution in [2.75, 3.05) is 5.32 Å². The molecule has 0 saturated carbocycles. The van der Waals surface area contributed by atoms with Crippen molar-refractivity contribution in [1.29, 1.82) is 0 Å². The molecule has 2 aromatic rings. The second-order valence-electron chi connectivity index (χ2n) is 3.60. The van der Waals surface area contributed by atoms with Crippen LogP contribution in [0.3, 0.4) is 0 Å². The van der Waals surface area contributed by atoms with E-state index in [2.05, 4.69) is 10.3 Å². The number of para-hydroxylation sites is 1. The Morgan fingerprint density at radius 2 is 2.18 bits per heavy atom. The standard InChI is InChI=1S/C12H13N3OS/c13-11(16)8-10(12-14-6-7-17-12)15-9-4-2-1-3-5-9/h1-7,10,15H,8H2,(H2,13,16). The summed E-state index contributed by atoms with van der Waals surface area (Å²) in [5.41, 5.74) is 6.20. The monoisotopic (exact) mass is 247 g/mol. The Bertz CT molecular complexity index is 470. The summed E-state index contributed by atoms with van der Waals surface area (Å²) in [4.78, 5) is 15.3. The molecule has 0 aliphatic heterocycles. The van der Waals surface area contributed by atoms with Crippen molar-refractivity contribution >= 4 is 22.9 Å². The number of thiazole rings is 1. The van der Waals surface area contributed by atoms with Gasteiger partial charge in [0.05, 0.1) is 12.5 Å². The number of amides is 1. The molecule has 1 atom stereocenters. The van der Waals surface area contributed by atoms with Gasteiger partial charge in [-0.25, -0.2) is 4.98 Å². The maximum Gasteiger partial charge on any atom is 0.219 e. The van der Waals surface area contributed by atoms with E-state index in [0.29, 0.717) is 0 Å². The van der Waals surface area contributed by atoms with Gasteiger partial charge in [0, 0.05) is 17.3 Å². The lowest BCUT2D eigenvalue weighted by Crippen LogP contribution is -2.20. The van der Waals surface area contributed by atoms with E-state index < -0.39 is 0 Å². The average molecular weight is 247 g/mol. The number of anilines is 1. The van der Waals surface area contributed by atoms with Gasteiger partial charge in [-0.3, -0.25) is 4.79 Å². The van der Waals surface area contributed by atoms with E-state index in [1.807, 2.05) is 35.7 Å². The smallest absolute Gasteiger partial charge is 0.219 e. The first-order chi connectivity index (χ1) is 8.25. The molecule has 2 rings (SSSR count). The molecule has 5 heteroatoms. The molecule has 1 heterocycles. The zero-order valence-corrected chi connectivity index (χ0v) is 9.98. The third-order valence-electron chi connectivity index (χ3n) is 2.27. The van der Waals surface area contributed by atoms with Crippen LogP contribution in [0.2, 0.25) is 0 Å². The maximum atomic E-state index is 11.1. The van der Waals surface area contributed by atoms with Crippen molar-refractivity contribution in [3.63, 3.8) is 0 Å². The topological polar surface area (TPSA) is 68.0 Å². The van der Waals surface area contributed by atoms with Crippen LogP contribution >= 0.6 is 11.3 Å². The zero-order valence-electron chi connectivity index (χ0n) is 9.17. The summed E-state index contributed by atoms with van der Waals surface area (Å²) in [5.74, 6) is -0.339. The van der Waals surface area contributed by atoms with Gasteiger partial charge in [0.15, 0.2) is 0 Å². The van der Waals surface area contributed by atoms with Crippen LogP contribution < -0.4 is 11.1 Å². The summed E-state index contributed by atoms with van der Waals surface area (Å²) in [7, 11) is 0. The highest BCUT2D eigenvalue weighted by atomic mass is 32.1. The molecule has 17 heavy (non-hydrogen) atoms. The largest absolute Gasteiger partial charge is 0.375 e. The lowest BCUT2D eigenvalue weighted by molar-refractivity contribution is -0.118. The molecule has 1 amide bonds. The Hall–Kier alpha value is -1.88. The van der Waals surface area contributed by atoms with E-state index in [-0.39, 0.29) is 18.4 Å². The third-order valence-corrected chi connectivity index (χ3v) is 3.16. The third kappa shape index (κ3) is 3.29. The van der Waals surface area contributed by atoms with E-state index in [0.717, 1.165) is 10.7 Å². The molecule has 1 unspecified atom stereocenters. The number of carbonyl (C=O) groups is 1. The Labute approximate surface area is 103 Å². The van der Waals surface area contributed by atoms with Crippen molar-refractivity contribution in [2.45, 2.75) is 12.5 Å². The number of benzene rings is 1. The minimum Gasteiger partial charge on any atom is -0.375 e.